The maximum Gasteiger partial charge on any atom is 0.417 e. The molecule has 3 aromatic rings. The molecule has 2 aromatic carbocycles. The second kappa shape index (κ2) is 7.95. The van der Waals surface area contributed by atoms with Crippen molar-refractivity contribution in [3.63, 3.8) is 0 Å². The Morgan fingerprint density at radius 1 is 1.15 bits per heavy atom. The lowest BCUT2D eigenvalue weighted by Gasteiger charge is -2.28. The number of hydrogen-bond donors (Lipinski definition) is 1. The lowest BCUT2D eigenvalue weighted by Crippen LogP contribution is -2.43. The summed E-state index contributed by atoms with van der Waals surface area (Å²) in [5.74, 6) is -1.44. The number of nitrogens with one attached hydrogen (secondary N) is 1. The van der Waals surface area contributed by atoms with Crippen LogP contribution < -0.4 is 4.90 Å². The minimum atomic E-state index is -4.86. The van der Waals surface area contributed by atoms with Crippen molar-refractivity contribution in [1.82, 2.24) is 20.3 Å². The van der Waals surface area contributed by atoms with Crippen molar-refractivity contribution in [3.05, 3.63) is 65.1 Å². The van der Waals surface area contributed by atoms with Gasteiger partial charge < -0.3 is 4.90 Å². The Labute approximate surface area is 190 Å². The van der Waals surface area contributed by atoms with Crippen LogP contribution in [-0.4, -0.2) is 37.8 Å². The van der Waals surface area contributed by atoms with Gasteiger partial charge in [0.2, 0.25) is 0 Å². The molecule has 0 atom stereocenters. The standard InChI is InChI=1S/C22H16F4N6O2/c1-21(2)19(33)32(15-6-5-13(9-27)16(8-15)22(24,25)26)20(34)31(21)11-14-4-3-12(7-17(14)23)18-10-28-30-29-18/h3-8,10H,11H2,1-2H3,(H,28,29,30). The molecule has 0 bridgehead atoms. The number of aromatic nitrogens is 3. The summed E-state index contributed by atoms with van der Waals surface area (Å²) in [4.78, 5) is 27.9. The first-order valence-corrected chi connectivity index (χ1v) is 9.87. The van der Waals surface area contributed by atoms with Gasteiger partial charge in [-0.2, -0.15) is 33.8 Å². The van der Waals surface area contributed by atoms with Gasteiger partial charge in [-0.1, -0.05) is 12.1 Å². The Balaban J connectivity index is 1.68. The quantitative estimate of drug-likeness (QED) is 0.452. The molecule has 0 saturated carbocycles. The van der Waals surface area contributed by atoms with Crippen molar-refractivity contribution in [3.8, 4) is 17.3 Å². The van der Waals surface area contributed by atoms with Crippen molar-refractivity contribution in [1.29, 1.82) is 5.26 Å². The number of urea groups is 1. The third-order valence-corrected chi connectivity index (χ3v) is 5.60. The maximum atomic E-state index is 14.8. The predicted molar refractivity (Wildman–Crippen MR) is 110 cm³/mol. The summed E-state index contributed by atoms with van der Waals surface area (Å²) < 4.78 is 55.0. The van der Waals surface area contributed by atoms with E-state index in [0.717, 1.165) is 17.0 Å². The Morgan fingerprint density at radius 3 is 2.47 bits per heavy atom. The molecule has 1 N–H and O–H groups in total. The molecule has 174 valence electrons. The number of alkyl halides is 3. The number of aromatic amines is 1. The zero-order valence-corrected chi connectivity index (χ0v) is 17.8. The van der Waals surface area contributed by atoms with Crippen LogP contribution in [0, 0.1) is 17.1 Å². The predicted octanol–water partition coefficient (Wildman–Crippen LogP) is 4.25. The SMILES string of the molecule is CC1(C)C(=O)N(c2ccc(C#N)c(C(F)(F)F)c2)C(=O)N1Cc1ccc(-c2cn[nH]n2)cc1F. The van der Waals surface area contributed by atoms with Gasteiger partial charge in [0.25, 0.3) is 5.91 Å². The Hall–Kier alpha value is -4.27. The average Bonchev–Trinajstić information content (AvgIpc) is 3.37. The molecule has 1 aliphatic rings. The summed E-state index contributed by atoms with van der Waals surface area (Å²) in [7, 11) is 0. The highest BCUT2D eigenvalue weighted by atomic mass is 19.4. The van der Waals surface area contributed by atoms with E-state index < -0.39 is 40.6 Å². The number of carbonyl (C=O) groups is 2. The van der Waals surface area contributed by atoms with E-state index in [-0.39, 0.29) is 17.8 Å². The fraction of sp³-hybridized carbons (Fsp3) is 0.227. The van der Waals surface area contributed by atoms with Crippen LogP contribution >= 0.6 is 0 Å². The number of rotatable bonds is 4. The van der Waals surface area contributed by atoms with Crippen LogP contribution in [-0.2, 0) is 17.5 Å². The van der Waals surface area contributed by atoms with Crippen molar-refractivity contribution in [2.75, 3.05) is 4.90 Å². The maximum absolute atomic E-state index is 14.8. The number of imide groups is 1. The first-order valence-electron chi connectivity index (χ1n) is 9.87. The van der Waals surface area contributed by atoms with E-state index in [0.29, 0.717) is 22.2 Å². The molecule has 3 amide bonds. The van der Waals surface area contributed by atoms with Crippen molar-refractivity contribution in [2.24, 2.45) is 0 Å². The summed E-state index contributed by atoms with van der Waals surface area (Å²) in [6, 6.07) is 7.32. The van der Waals surface area contributed by atoms with Gasteiger partial charge in [0.15, 0.2) is 0 Å². The van der Waals surface area contributed by atoms with Gasteiger partial charge in [-0.05, 0) is 38.1 Å². The summed E-state index contributed by atoms with van der Waals surface area (Å²) in [5, 5.41) is 18.9. The van der Waals surface area contributed by atoms with E-state index >= 15 is 0 Å². The zero-order valence-electron chi connectivity index (χ0n) is 17.8. The molecule has 0 spiro atoms. The van der Waals surface area contributed by atoms with Gasteiger partial charge in [-0.3, -0.25) is 4.79 Å². The van der Waals surface area contributed by atoms with Crippen molar-refractivity contribution >= 4 is 17.6 Å². The number of H-pyrrole nitrogens is 1. The molecule has 1 aromatic heterocycles. The van der Waals surface area contributed by atoms with E-state index in [4.69, 9.17) is 5.26 Å². The monoisotopic (exact) mass is 472 g/mol. The molecule has 4 rings (SSSR count). The number of amides is 3. The summed E-state index contributed by atoms with van der Waals surface area (Å²) >= 11 is 0. The number of halogens is 4. The minimum Gasteiger partial charge on any atom is -0.305 e. The average molecular weight is 472 g/mol. The normalized spacial score (nSPS) is 15.7. The van der Waals surface area contributed by atoms with Crippen molar-refractivity contribution < 1.29 is 27.2 Å². The van der Waals surface area contributed by atoms with Crippen LogP contribution in [0.4, 0.5) is 28.0 Å². The summed E-state index contributed by atoms with van der Waals surface area (Å²) in [5.41, 5.74) is -2.76. The van der Waals surface area contributed by atoms with Gasteiger partial charge in [0.1, 0.15) is 17.1 Å². The molecule has 1 saturated heterocycles. The van der Waals surface area contributed by atoms with Gasteiger partial charge in [0.05, 0.1) is 35.6 Å². The molecule has 2 heterocycles. The van der Waals surface area contributed by atoms with E-state index in [2.05, 4.69) is 15.4 Å². The van der Waals surface area contributed by atoms with Crippen LogP contribution in [0.15, 0.2) is 42.6 Å². The van der Waals surface area contributed by atoms with Crippen LogP contribution in [0.5, 0.6) is 0 Å². The first kappa shape index (κ1) is 22.9. The third kappa shape index (κ3) is 3.75. The fourth-order valence-corrected chi connectivity index (χ4v) is 3.68. The summed E-state index contributed by atoms with van der Waals surface area (Å²) in [6.45, 7) is 2.54. The zero-order chi connectivity index (χ0) is 24.8. The van der Waals surface area contributed by atoms with E-state index in [1.165, 1.54) is 38.2 Å². The van der Waals surface area contributed by atoms with Gasteiger partial charge >= 0.3 is 12.2 Å². The van der Waals surface area contributed by atoms with E-state index in [1.807, 2.05) is 0 Å². The lowest BCUT2D eigenvalue weighted by molar-refractivity contribution is -0.137. The smallest absolute Gasteiger partial charge is 0.305 e. The molecular formula is C22H16F4N6O2. The molecule has 0 aliphatic carbocycles. The van der Waals surface area contributed by atoms with E-state index in [1.54, 1.807) is 6.07 Å². The molecule has 8 nitrogen and oxygen atoms in total. The molecule has 0 unspecified atom stereocenters. The molecule has 1 aliphatic heterocycles. The number of anilines is 1. The van der Waals surface area contributed by atoms with Crippen LogP contribution in [0.1, 0.15) is 30.5 Å². The molecule has 1 fully saturated rings. The number of nitriles is 1. The highest BCUT2D eigenvalue weighted by Crippen LogP contribution is 2.38. The molecule has 34 heavy (non-hydrogen) atoms. The van der Waals surface area contributed by atoms with Gasteiger partial charge in [-0.15, -0.1) is 0 Å². The van der Waals surface area contributed by atoms with Crippen LogP contribution in [0.3, 0.4) is 0 Å². The second-order valence-corrected chi connectivity index (χ2v) is 8.07. The fourth-order valence-electron chi connectivity index (χ4n) is 3.68. The highest BCUT2D eigenvalue weighted by Gasteiger charge is 2.52. The number of nitrogens with zero attached hydrogens (tertiary/aromatic N) is 5. The molecular weight excluding hydrogens is 456 g/mol. The number of benzene rings is 2. The lowest BCUT2D eigenvalue weighted by atomic mass is 10.0. The van der Waals surface area contributed by atoms with Crippen molar-refractivity contribution in [2.45, 2.75) is 32.1 Å². The van der Waals surface area contributed by atoms with Crippen LogP contribution in [0.25, 0.3) is 11.3 Å². The molecule has 0 radical (unpaired) electrons. The Kier molecular flexibility index (Phi) is 5.35. The minimum absolute atomic E-state index is 0.0964. The Bertz CT molecular complexity index is 1330. The Morgan fingerprint density at radius 2 is 1.88 bits per heavy atom. The number of carbonyl (C=O) groups excluding carboxylic acids is 2. The van der Waals surface area contributed by atoms with Gasteiger partial charge in [0, 0.05) is 11.1 Å². The first-order chi connectivity index (χ1) is 15.9. The third-order valence-electron chi connectivity index (χ3n) is 5.60. The van der Waals surface area contributed by atoms with Crippen LogP contribution in [0.2, 0.25) is 0 Å². The van der Waals surface area contributed by atoms with E-state index in [9.17, 15) is 27.2 Å². The van der Waals surface area contributed by atoms with Gasteiger partial charge in [-0.25, -0.2) is 14.1 Å². The summed E-state index contributed by atoms with van der Waals surface area (Å²) in [6.07, 6.45) is -3.46. The largest absolute Gasteiger partial charge is 0.417 e. The second-order valence-electron chi connectivity index (χ2n) is 8.07. The topological polar surface area (TPSA) is 106 Å². The highest BCUT2D eigenvalue weighted by molar-refractivity contribution is 6.23. The number of hydrogen-bond acceptors (Lipinski definition) is 5. The molecule has 12 heteroatoms.